The third-order valence-corrected chi connectivity index (χ3v) is 11.3. The topological polar surface area (TPSA) is 406 Å². The molecule has 0 saturated carbocycles. The van der Waals surface area contributed by atoms with Gasteiger partial charge in [-0.05, 0) is 84.7 Å². The average molecular weight is 959 g/mol. The van der Waals surface area contributed by atoms with Crippen LogP contribution < -0.4 is 33.6 Å². The average Bonchev–Trinajstić information content (AvgIpc) is 3.31. The van der Waals surface area contributed by atoms with Crippen molar-refractivity contribution in [3.8, 4) is 0 Å². The molecule has 3 aromatic carbocycles. The molecular weight excluding hydrogens is 896 g/mol. The molecule has 20 N–H and O–H groups in total. The molecule has 22 nitrogen and oxygen atoms in total. The molecule has 0 unspecified atom stereocenters. The van der Waals surface area contributed by atoms with Crippen molar-refractivity contribution in [2.75, 3.05) is 56.2 Å². The number of aliphatic hydroxyl groups is 10. The van der Waals surface area contributed by atoms with Gasteiger partial charge in [0.2, 0.25) is 5.91 Å². The molecule has 4 rings (SSSR count). The van der Waals surface area contributed by atoms with Crippen LogP contribution in [0.3, 0.4) is 0 Å². The van der Waals surface area contributed by atoms with E-state index in [-0.39, 0.29) is 60.4 Å². The Morgan fingerprint density at radius 1 is 0.687 bits per heavy atom. The fraction of sp³-hybridized carbons (Fsp3) is 0.477. The van der Waals surface area contributed by atoms with E-state index in [2.05, 4.69) is 31.7 Å². The van der Waals surface area contributed by atoms with Gasteiger partial charge in [0.05, 0.1) is 31.5 Å². The van der Waals surface area contributed by atoms with Crippen molar-refractivity contribution in [3.63, 3.8) is 0 Å². The Balaban J connectivity index is 1.24. The summed E-state index contributed by atoms with van der Waals surface area (Å²) >= 11 is 5.84. The summed E-state index contributed by atoms with van der Waals surface area (Å²) in [5.74, 6) is -1.48. The molecule has 0 aliphatic heterocycles. The fourth-order valence-electron chi connectivity index (χ4n) is 7.06. The number of anilines is 3. The van der Waals surface area contributed by atoms with E-state index in [1.165, 1.54) is 4.90 Å². The minimum absolute atomic E-state index is 0.0977. The second-order valence-corrected chi connectivity index (χ2v) is 16.6. The number of nitrogens with one attached hydrogen (secondary N) is 2. The molecule has 1 heterocycles. The van der Waals surface area contributed by atoms with Crippen molar-refractivity contribution >= 4 is 57.5 Å². The van der Waals surface area contributed by atoms with Crippen LogP contribution in [0.5, 0.6) is 0 Å². The maximum atomic E-state index is 13.1. The number of hydrogen-bond acceptors (Lipinski definition) is 19. The van der Waals surface area contributed by atoms with E-state index in [1.54, 1.807) is 24.3 Å². The monoisotopic (exact) mass is 958 g/mol. The van der Waals surface area contributed by atoms with Crippen molar-refractivity contribution in [1.82, 2.24) is 20.2 Å². The van der Waals surface area contributed by atoms with Gasteiger partial charge in [-0.3, -0.25) is 24.8 Å². The lowest BCUT2D eigenvalue weighted by Gasteiger charge is -2.33. The number of halogens is 1. The summed E-state index contributed by atoms with van der Waals surface area (Å²) in [5, 5.41) is 107. The van der Waals surface area contributed by atoms with Gasteiger partial charge >= 0.3 is 0 Å². The zero-order chi connectivity index (χ0) is 49.4. The molecule has 4 aromatic rings. The number of guanidine groups is 1. The van der Waals surface area contributed by atoms with Crippen LogP contribution in [0.15, 0.2) is 65.7 Å². The summed E-state index contributed by atoms with van der Waals surface area (Å²) < 4.78 is 0. The summed E-state index contributed by atoms with van der Waals surface area (Å²) in [4.78, 5) is 38.8. The number of aryl methyl sites for hydroxylation is 2. The number of aliphatic hydroxyl groups excluding tert-OH is 10. The molecule has 0 aliphatic rings. The molecule has 0 spiro atoms. The van der Waals surface area contributed by atoms with Crippen LogP contribution in [0, 0.1) is 0 Å². The number of rotatable bonds is 26. The highest BCUT2D eigenvalue weighted by Crippen LogP contribution is 2.22. The van der Waals surface area contributed by atoms with Gasteiger partial charge in [0.15, 0.2) is 28.4 Å². The quantitative estimate of drug-likeness (QED) is 0.0171. The zero-order valence-electron chi connectivity index (χ0n) is 36.7. The Morgan fingerprint density at radius 2 is 1.21 bits per heavy atom. The Bertz CT molecular complexity index is 2220. The molecule has 23 heteroatoms. The predicted octanol–water partition coefficient (Wildman–Crippen LogP) is -2.87. The molecule has 0 radical (unpaired) electrons. The number of carbonyl (C=O) groups excluding carboxylic acids is 2. The van der Waals surface area contributed by atoms with E-state index in [0.717, 1.165) is 40.3 Å². The third kappa shape index (κ3) is 16.5. The molecule has 368 valence electrons. The molecule has 2 amide bonds. The first-order chi connectivity index (χ1) is 31.8. The number of aromatic nitrogens is 2. The highest BCUT2D eigenvalue weighted by atomic mass is 35.5. The fourth-order valence-corrected chi connectivity index (χ4v) is 7.19. The molecule has 0 saturated heterocycles. The Morgan fingerprint density at radius 3 is 1.79 bits per heavy atom. The maximum Gasteiger partial charge on any atom is 0.280 e. The lowest BCUT2D eigenvalue weighted by molar-refractivity contribution is -0.130. The Labute approximate surface area is 391 Å². The summed E-state index contributed by atoms with van der Waals surface area (Å²) in [6, 6.07) is 18.2. The van der Waals surface area contributed by atoms with Crippen molar-refractivity contribution in [3.05, 3.63) is 88.2 Å². The van der Waals surface area contributed by atoms with Gasteiger partial charge < -0.3 is 79.3 Å². The summed E-state index contributed by atoms with van der Waals surface area (Å²) in [6.45, 7) is -1.96. The number of carbonyl (C=O) groups is 2. The minimum Gasteiger partial charge on any atom is -0.394 e. The summed E-state index contributed by atoms with van der Waals surface area (Å²) in [7, 11) is 0. The predicted molar refractivity (Wildman–Crippen MR) is 250 cm³/mol. The number of hydrogen-bond donors (Lipinski definition) is 16. The first-order valence-corrected chi connectivity index (χ1v) is 21.9. The van der Waals surface area contributed by atoms with Crippen LogP contribution in [0.4, 0.5) is 17.3 Å². The van der Waals surface area contributed by atoms with Gasteiger partial charge in [-0.25, -0.2) is 9.97 Å². The van der Waals surface area contributed by atoms with Crippen LogP contribution in [0.2, 0.25) is 5.15 Å². The van der Waals surface area contributed by atoms with Crippen LogP contribution in [-0.2, 0) is 24.1 Å². The molecule has 0 fully saturated rings. The highest BCUT2D eigenvalue weighted by molar-refractivity contribution is 6.31. The molecular formula is C44H63ClN10O12. The van der Waals surface area contributed by atoms with Gasteiger partial charge in [0.1, 0.15) is 36.6 Å². The Hall–Kier alpha value is -5.18. The molecule has 1 aromatic heterocycles. The number of nitrogens with two attached hydrogens (primary N) is 4. The third-order valence-electron chi connectivity index (χ3n) is 11.0. The van der Waals surface area contributed by atoms with Crippen molar-refractivity contribution < 1.29 is 60.7 Å². The number of nitrogens with zero attached hydrogens (tertiary/aromatic N) is 4. The van der Waals surface area contributed by atoms with Gasteiger partial charge in [-0.2, -0.15) is 0 Å². The molecule has 0 bridgehead atoms. The normalized spacial score (nSPS) is 16.2. The second-order valence-electron chi connectivity index (χ2n) is 16.3. The van der Waals surface area contributed by atoms with Gasteiger partial charge in [-0.15, -0.1) is 0 Å². The van der Waals surface area contributed by atoms with E-state index >= 15 is 0 Å². The highest BCUT2D eigenvalue weighted by Gasteiger charge is 2.34. The standard InChI is InChI=1S/C44H63ClN10O12/c45-39-41(48)53-40(47)34(52-39)43(67)54-44(49)50-14-2-1-4-24-6-10-27-17-25(7-11-26(27)16-24)18-29(46)42(66)51-28-12-8-23(9-13-28)5-3-15-55(19-30(58)35(62)37(64)32(60)21-56)20-31(59)36(63)38(65)33(61)22-57/h6-13,16-17,29-33,35-38,56-65H,1-5,14-15,18-22,46H2,(H,51,66)(H4,47,48,53)(H3,49,50,54,67)/t29-,30-,31-,32+,33+,35+,36+,37+,38+/m0/s1. The van der Waals surface area contributed by atoms with Crippen LogP contribution in [0.25, 0.3) is 10.8 Å². The van der Waals surface area contributed by atoms with Gasteiger partial charge in [0, 0.05) is 25.3 Å². The number of amides is 2. The van der Waals surface area contributed by atoms with Crippen LogP contribution in [-0.4, -0.2) is 178 Å². The van der Waals surface area contributed by atoms with E-state index in [4.69, 9.17) is 44.7 Å². The number of aliphatic imine (C=N–C) groups is 1. The van der Waals surface area contributed by atoms with Gasteiger partial charge in [-0.1, -0.05) is 60.1 Å². The van der Waals surface area contributed by atoms with Crippen molar-refractivity contribution in [1.29, 1.82) is 0 Å². The van der Waals surface area contributed by atoms with E-state index in [1.807, 2.05) is 30.3 Å². The van der Waals surface area contributed by atoms with Crippen molar-refractivity contribution in [2.24, 2.45) is 16.5 Å². The summed E-state index contributed by atoms with van der Waals surface area (Å²) in [6.07, 6.45) is -10.9. The number of unbranched alkanes of at least 4 members (excludes halogenated alkanes) is 1. The van der Waals surface area contributed by atoms with E-state index in [0.29, 0.717) is 31.5 Å². The number of benzene rings is 3. The van der Waals surface area contributed by atoms with Crippen LogP contribution in [0.1, 0.15) is 46.4 Å². The number of nitrogen functional groups attached to an aromatic ring is 2. The molecule has 9 atom stereocenters. The zero-order valence-corrected chi connectivity index (χ0v) is 37.5. The number of fused-ring (bicyclic) bond motifs is 1. The van der Waals surface area contributed by atoms with Crippen molar-refractivity contribution in [2.45, 2.75) is 93.4 Å². The SMILES string of the molecule is NC(=NCCCCc1ccc2cc(C[C@H](N)C(=O)Nc3ccc(CCCN(C[C@H](O)[C@@H](O)[C@H](O)[C@H](O)CO)C[C@H](O)[C@@H](O)[C@H](O)[C@H](O)CO)cc3)ccc2c1)NC(=O)c1nc(Cl)c(N)nc1N. The first kappa shape index (κ1) is 54.4. The first-order valence-electron chi connectivity index (χ1n) is 21.6. The minimum atomic E-state index is -1.89. The second kappa shape index (κ2) is 26.4. The lowest BCUT2D eigenvalue weighted by Crippen LogP contribution is -2.53. The lowest BCUT2D eigenvalue weighted by atomic mass is 9.98. The van der Waals surface area contributed by atoms with E-state index in [9.17, 15) is 50.4 Å². The summed E-state index contributed by atoms with van der Waals surface area (Å²) in [5.41, 5.74) is 26.6. The van der Waals surface area contributed by atoms with Crippen LogP contribution >= 0.6 is 11.6 Å². The smallest absolute Gasteiger partial charge is 0.280 e. The Kier molecular flexibility index (Phi) is 21.4. The molecule has 0 aliphatic carbocycles. The molecule has 67 heavy (non-hydrogen) atoms. The van der Waals surface area contributed by atoms with E-state index < -0.39 is 74.0 Å². The maximum absolute atomic E-state index is 13.1. The largest absolute Gasteiger partial charge is 0.394 e. The van der Waals surface area contributed by atoms with Gasteiger partial charge in [0.25, 0.3) is 5.91 Å².